The molecule has 2 aliphatic rings. The smallest absolute Gasteiger partial charge is 0.251 e. The van der Waals surface area contributed by atoms with Crippen molar-refractivity contribution in [1.82, 2.24) is 9.21 Å². The number of amides is 1. The molecule has 0 spiro atoms. The van der Waals surface area contributed by atoms with E-state index in [1.807, 2.05) is 0 Å². The Balaban J connectivity index is 1.67. The molecule has 10 heteroatoms. The van der Waals surface area contributed by atoms with Crippen LogP contribution in [0.15, 0.2) is 34.1 Å². The van der Waals surface area contributed by atoms with Gasteiger partial charge in [0.25, 0.3) is 5.91 Å². The molecule has 2 heterocycles. The summed E-state index contributed by atoms with van der Waals surface area (Å²) in [5.41, 5.74) is 0. The lowest BCUT2D eigenvalue weighted by molar-refractivity contribution is -0.142. The van der Waals surface area contributed by atoms with Crippen LogP contribution < -0.4 is 0 Å². The van der Waals surface area contributed by atoms with Crippen molar-refractivity contribution in [2.75, 3.05) is 39.0 Å². The van der Waals surface area contributed by atoms with Gasteiger partial charge >= 0.3 is 0 Å². The average molecular weight is 402 g/mol. The molecule has 1 aromatic carbocycles. The molecular weight excluding hydrogens is 380 g/mol. The van der Waals surface area contributed by atoms with Gasteiger partial charge in [0, 0.05) is 39.0 Å². The summed E-state index contributed by atoms with van der Waals surface area (Å²) in [6.07, 6.45) is 2.25. The van der Waals surface area contributed by atoms with Crippen LogP contribution in [0.25, 0.3) is 0 Å². The summed E-state index contributed by atoms with van der Waals surface area (Å²) in [5.74, 6) is -0.0722. The van der Waals surface area contributed by atoms with Gasteiger partial charge in [-0.15, -0.1) is 0 Å². The molecule has 0 bridgehead atoms. The van der Waals surface area contributed by atoms with Crippen LogP contribution in [0.1, 0.15) is 12.8 Å². The molecule has 2 saturated heterocycles. The van der Waals surface area contributed by atoms with Crippen molar-refractivity contribution >= 4 is 25.8 Å². The van der Waals surface area contributed by atoms with Gasteiger partial charge < -0.3 is 9.64 Å². The zero-order chi connectivity index (χ0) is 18.9. The van der Waals surface area contributed by atoms with Crippen LogP contribution in [-0.2, 0) is 29.4 Å². The average Bonchev–Trinajstić information content (AvgIpc) is 3.15. The molecule has 3 rings (SSSR count). The highest BCUT2D eigenvalue weighted by atomic mass is 32.2. The van der Waals surface area contributed by atoms with Gasteiger partial charge in [0.1, 0.15) is 6.10 Å². The summed E-state index contributed by atoms with van der Waals surface area (Å²) < 4.78 is 55.2. The second kappa shape index (κ2) is 7.26. The van der Waals surface area contributed by atoms with Gasteiger partial charge in [-0.05, 0) is 37.1 Å². The van der Waals surface area contributed by atoms with Crippen LogP contribution in [0, 0.1) is 0 Å². The van der Waals surface area contributed by atoms with Crippen LogP contribution in [0.2, 0.25) is 0 Å². The first-order valence-corrected chi connectivity index (χ1v) is 11.7. The third-order valence-corrected chi connectivity index (χ3v) is 7.69. The van der Waals surface area contributed by atoms with Crippen molar-refractivity contribution in [1.29, 1.82) is 0 Å². The fourth-order valence-electron chi connectivity index (χ4n) is 3.13. The Kier molecular flexibility index (Phi) is 5.38. The van der Waals surface area contributed by atoms with E-state index in [1.165, 1.54) is 28.6 Å². The number of rotatable bonds is 4. The fraction of sp³-hybridized carbons (Fsp3) is 0.562. The molecule has 2 fully saturated rings. The number of sulfonamides is 1. The third kappa shape index (κ3) is 3.93. The maximum Gasteiger partial charge on any atom is 0.251 e. The molecule has 8 nitrogen and oxygen atoms in total. The number of hydrogen-bond donors (Lipinski definition) is 0. The van der Waals surface area contributed by atoms with Gasteiger partial charge in [0.15, 0.2) is 9.84 Å². The number of hydrogen-bond acceptors (Lipinski definition) is 6. The predicted octanol–water partition coefficient (Wildman–Crippen LogP) is 0.102. The molecular formula is C16H22N2O6S2. The SMILES string of the molecule is CS(=O)(=O)c1ccc(S(=O)(=O)N2CCN(C(=O)[C@H]3CCCO3)CC2)cc1. The van der Waals surface area contributed by atoms with Gasteiger partial charge in [-0.25, -0.2) is 16.8 Å². The molecule has 26 heavy (non-hydrogen) atoms. The number of carbonyl (C=O) groups excluding carboxylic acids is 1. The summed E-state index contributed by atoms with van der Waals surface area (Å²) >= 11 is 0. The summed E-state index contributed by atoms with van der Waals surface area (Å²) in [6, 6.07) is 5.18. The second-order valence-corrected chi connectivity index (χ2v) is 10.4. The lowest BCUT2D eigenvalue weighted by atomic mass is 10.2. The Morgan fingerprint density at radius 3 is 2.08 bits per heavy atom. The minimum atomic E-state index is -3.72. The highest BCUT2D eigenvalue weighted by Crippen LogP contribution is 2.21. The molecule has 0 radical (unpaired) electrons. The van der Waals surface area contributed by atoms with Crippen molar-refractivity contribution in [3.8, 4) is 0 Å². The molecule has 0 N–H and O–H groups in total. The van der Waals surface area contributed by atoms with Gasteiger partial charge in [0.2, 0.25) is 10.0 Å². The van der Waals surface area contributed by atoms with Crippen LogP contribution in [-0.4, -0.2) is 77.1 Å². The molecule has 1 amide bonds. The maximum atomic E-state index is 12.7. The van der Waals surface area contributed by atoms with E-state index in [-0.39, 0.29) is 28.8 Å². The van der Waals surface area contributed by atoms with Crippen molar-refractivity contribution in [2.24, 2.45) is 0 Å². The Morgan fingerprint density at radius 2 is 1.58 bits per heavy atom. The predicted molar refractivity (Wildman–Crippen MR) is 93.9 cm³/mol. The van der Waals surface area contributed by atoms with E-state index >= 15 is 0 Å². The Hall–Kier alpha value is -1.49. The topological polar surface area (TPSA) is 101 Å². The maximum absolute atomic E-state index is 12.7. The lowest BCUT2D eigenvalue weighted by Crippen LogP contribution is -2.52. The molecule has 0 unspecified atom stereocenters. The summed E-state index contributed by atoms with van der Waals surface area (Å²) in [6.45, 7) is 1.64. The van der Waals surface area contributed by atoms with Crippen molar-refractivity contribution in [3.05, 3.63) is 24.3 Å². The van der Waals surface area contributed by atoms with E-state index in [1.54, 1.807) is 4.90 Å². The second-order valence-electron chi connectivity index (χ2n) is 6.47. The van der Waals surface area contributed by atoms with E-state index in [0.717, 1.165) is 12.7 Å². The van der Waals surface area contributed by atoms with Crippen molar-refractivity contribution in [3.63, 3.8) is 0 Å². The van der Waals surface area contributed by atoms with E-state index in [9.17, 15) is 21.6 Å². The normalized spacial score (nSPS) is 22.5. The molecule has 1 atom stereocenters. The fourth-order valence-corrected chi connectivity index (χ4v) is 5.19. The Morgan fingerprint density at radius 1 is 1.00 bits per heavy atom. The number of sulfone groups is 1. The first kappa shape index (κ1) is 19.3. The van der Waals surface area contributed by atoms with Crippen molar-refractivity contribution in [2.45, 2.75) is 28.7 Å². The Bertz CT molecular complexity index is 866. The highest BCUT2D eigenvalue weighted by Gasteiger charge is 2.34. The quantitative estimate of drug-likeness (QED) is 0.708. The minimum absolute atomic E-state index is 0.0452. The van der Waals surface area contributed by atoms with E-state index in [0.29, 0.717) is 26.1 Å². The van der Waals surface area contributed by atoms with E-state index < -0.39 is 26.0 Å². The summed E-state index contributed by atoms with van der Waals surface area (Å²) in [5, 5.41) is 0. The zero-order valence-corrected chi connectivity index (χ0v) is 16.1. The lowest BCUT2D eigenvalue weighted by Gasteiger charge is -2.35. The highest BCUT2D eigenvalue weighted by molar-refractivity contribution is 7.90. The van der Waals surface area contributed by atoms with Crippen molar-refractivity contribution < 1.29 is 26.4 Å². The van der Waals surface area contributed by atoms with E-state index in [4.69, 9.17) is 4.74 Å². The molecule has 0 aliphatic carbocycles. The minimum Gasteiger partial charge on any atom is -0.368 e. The number of nitrogens with zero attached hydrogens (tertiary/aromatic N) is 2. The Labute approximate surface area is 153 Å². The van der Waals surface area contributed by atoms with Crippen LogP contribution >= 0.6 is 0 Å². The number of benzene rings is 1. The number of ether oxygens (including phenoxy) is 1. The van der Waals surface area contributed by atoms with Crippen LogP contribution in [0.5, 0.6) is 0 Å². The van der Waals surface area contributed by atoms with Gasteiger partial charge in [0.05, 0.1) is 9.79 Å². The summed E-state index contributed by atoms with van der Waals surface area (Å²) in [7, 11) is -7.10. The first-order chi connectivity index (χ1) is 12.2. The number of piperazine rings is 1. The summed E-state index contributed by atoms with van der Waals surface area (Å²) in [4.78, 5) is 14.1. The number of carbonyl (C=O) groups is 1. The van der Waals surface area contributed by atoms with Crippen LogP contribution in [0.3, 0.4) is 0 Å². The van der Waals surface area contributed by atoms with Gasteiger partial charge in [-0.3, -0.25) is 4.79 Å². The molecule has 2 aliphatic heterocycles. The zero-order valence-electron chi connectivity index (χ0n) is 14.5. The van der Waals surface area contributed by atoms with Gasteiger partial charge in [-0.1, -0.05) is 0 Å². The van der Waals surface area contributed by atoms with Crippen LogP contribution in [0.4, 0.5) is 0 Å². The molecule has 0 aromatic heterocycles. The molecule has 1 aromatic rings. The van der Waals surface area contributed by atoms with E-state index in [2.05, 4.69) is 0 Å². The largest absolute Gasteiger partial charge is 0.368 e. The first-order valence-electron chi connectivity index (χ1n) is 8.40. The standard InChI is InChI=1S/C16H22N2O6S2/c1-25(20,21)13-4-6-14(7-5-13)26(22,23)18-10-8-17(9-11-18)16(19)15-3-2-12-24-15/h4-7,15H,2-3,8-12H2,1H3/t15-/m1/s1. The molecule has 0 saturated carbocycles. The third-order valence-electron chi connectivity index (χ3n) is 4.65. The monoisotopic (exact) mass is 402 g/mol. The van der Waals surface area contributed by atoms with Gasteiger partial charge in [-0.2, -0.15) is 4.31 Å². The molecule has 144 valence electrons.